The van der Waals surface area contributed by atoms with E-state index >= 15 is 0 Å². The van der Waals surface area contributed by atoms with Gasteiger partial charge >= 0.3 is 0 Å². The number of aromatic nitrogens is 1. The first kappa shape index (κ1) is 19.1. The lowest BCUT2D eigenvalue weighted by atomic mass is 10.2. The van der Waals surface area contributed by atoms with Crippen molar-refractivity contribution in [3.8, 4) is 0 Å². The Labute approximate surface area is 159 Å². The molecule has 1 aliphatic heterocycles. The lowest BCUT2D eigenvalue weighted by Gasteiger charge is -2.30. The summed E-state index contributed by atoms with van der Waals surface area (Å²) in [6, 6.07) is 11.7. The third-order valence-electron chi connectivity index (χ3n) is 4.36. The maximum Gasteiger partial charge on any atom is 0.252 e. The fourth-order valence-electron chi connectivity index (χ4n) is 2.92. The molecule has 0 aliphatic carbocycles. The van der Waals surface area contributed by atoms with Crippen molar-refractivity contribution >= 4 is 23.1 Å². The molecule has 2 aromatic rings. The van der Waals surface area contributed by atoms with Gasteiger partial charge in [-0.15, -0.1) is 0 Å². The van der Waals surface area contributed by atoms with Gasteiger partial charge in [-0.25, -0.2) is 4.98 Å². The fourth-order valence-corrected chi connectivity index (χ4v) is 2.92. The summed E-state index contributed by atoms with van der Waals surface area (Å²) >= 11 is 0. The largest absolute Gasteiger partial charge is 0.385 e. The molecule has 3 rings (SSSR count). The van der Waals surface area contributed by atoms with Crippen LogP contribution in [0.25, 0.3) is 0 Å². The van der Waals surface area contributed by atoms with Gasteiger partial charge in [0.1, 0.15) is 5.82 Å². The molecule has 1 aromatic carbocycles. The molecule has 0 saturated carbocycles. The molecule has 1 amide bonds. The second-order valence-corrected chi connectivity index (χ2v) is 6.28. The molecular weight excluding hydrogens is 344 g/mol. The minimum Gasteiger partial charge on any atom is -0.385 e. The van der Waals surface area contributed by atoms with E-state index < -0.39 is 0 Å². The number of benzene rings is 1. The number of nitrogens with zero attached hydrogens (tertiary/aromatic N) is 2. The zero-order valence-corrected chi connectivity index (χ0v) is 15.6. The van der Waals surface area contributed by atoms with Crippen LogP contribution in [-0.2, 0) is 9.47 Å². The van der Waals surface area contributed by atoms with E-state index in [4.69, 9.17) is 9.47 Å². The first-order valence-electron chi connectivity index (χ1n) is 9.20. The molecule has 7 heteroatoms. The quantitative estimate of drug-likeness (QED) is 0.695. The number of pyridine rings is 1. The number of amides is 1. The Morgan fingerprint density at radius 1 is 1.22 bits per heavy atom. The molecule has 1 saturated heterocycles. The molecule has 2 heterocycles. The number of para-hydroxylation sites is 2. The number of carbonyl (C=O) groups is 1. The van der Waals surface area contributed by atoms with Crippen molar-refractivity contribution in [2.24, 2.45) is 0 Å². The van der Waals surface area contributed by atoms with Crippen molar-refractivity contribution in [3.05, 3.63) is 48.2 Å². The molecule has 27 heavy (non-hydrogen) atoms. The standard InChI is InChI=1S/C20H26N4O3/c1-26-12-4-9-21-20(25)16-7-8-19(22-15-16)23-17-5-2-3-6-18(17)24-10-13-27-14-11-24/h2-3,5-8,15H,4,9-14H2,1H3,(H,21,25)(H,22,23). The second kappa shape index (κ2) is 9.89. The highest BCUT2D eigenvalue weighted by Crippen LogP contribution is 2.28. The molecule has 2 N–H and O–H groups in total. The Hall–Kier alpha value is -2.64. The van der Waals surface area contributed by atoms with E-state index in [9.17, 15) is 4.79 Å². The summed E-state index contributed by atoms with van der Waals surface area (Å²) in [5.74, 6) is 0.575. The Morgan fingerprint density at radius 3 is 2.78 bits per heavy atom. The van der Waals surface area contributed by atoms with Crippen LogP contribution in [0.5, 0.6) is 0 Å². The molecule has 0 unspecified atom stereocenters. The average molecular weight is 370 g/mol. The van der Waals surface area contributed by atoms with Gasteiger partial charge in [0.05, 0.1) is 30.2 Å². The van der Waals surface area contributed by atoms with Gasteiger partial charge in [0.15, 0.2) is 0 Å². The van der Waals surface area contributed by atoms with Crippen LogP contribution in [0.3, 0.4) is 0 Å². The first-order valence-corrected chi connectivity index (χ1v) is 9.20. The van der Waals surface area contributed by atoms with Crippen LogP contribution >= 0.6 is 0 Å². The Kier molecular flexibility index (Phi) is 7.01. The van der Waals surface area contributed by atoms with Crippen molar-refractivity contribution in [2.45, 2.75) is 6.42 Å². The highest BCUT2D eigenvalue weighted by molar-refractivity contribution is 5.94. The topological polar surface area (TPSA) is 75.7 Å². The van der Waals surface area contributed by atoms with E-state index in [0.29, 0.717) is 24.5 Å². The Balaban J connectivity index is 1.62. The van der Waals surface area contributed by atoms with Crippen LogP contribution in [0, 0.1) is 0 Å². The van der Waals surface area contributed by atoms with E-state index in [1.54, 1.807) is 19.4 Å². The van der Waals surface area contributed by atoms with Crippen molar-refractivity contribution in [3.63, 3.8) is 0 Å². The third kappa shape index (κ3) is 5.42. The van der Waals surface area contributed by atoms with Crippen molar-refractivity contribution in [1.29, 1.82) is 0 Å². The predicted octanol–water partition coefficient (Wildman–Crippen LogP) is 2.43. The van der Waals surface area contributed by atoms with Crippen molar-refractivity contribution in [2.75, 3.05) is 56.8 Å². The zero-order chi connectivity index (χ0) is 18.9. The summed E-state index contributed by atoms with van der Waals surface area (Å²) in [6.07, 6.45) is 2.37. The van der Waals surface area contributed by atoms with Crippen LogP contribution in [0.4, 0.5) is 17.2 Å². The molecule has 1 aromatic heterocycles. The van der Waals surface area contributed by atoms with Crippen LogP contribution in [0.15, 0.2) is 42.6 Å². The molecule has 1 aliphatic rings. The summed E-state index contributed by atoms with van der Waals surface area (Å²) in [5.41, 5.74) is 2.66. The summed E-state index contributed by atoms with van der Waals surface area (Å²) < 4.78 is 10.4. The van der Waals surface area contributed by atoms with Crippen LogP contribution < -0.4 is 15.5 Å². The summed E-state index contributed by atoms with van der Waals surface area (Å²) in [6.45, 7) is 4.42. The van der Waals surface area contributed by atoms with E-state index in [1.165, 1.54) is 0 Å². The molecule has 0 radical (unpaired) electrons. The molecule has 0 bridgehead atoms. The van der Waals surface area contributed by atoms with Gasteiger partial charge in [0.25, 0.3) is 5.91 Å². The molecule has 0 spiro atoms. The highest BCUT2D eigenvalue weighted by atomic mass is 16.5. The number of nitrogens with one attached hydrogen (secondary N) is 2. The van der Waals surface area contributed by atoms with E-state index in [1.807, 2.05) is 24.3 Å². The van der Waals surface area contributed by atoms with E-state index in [0.717, 1.165) is 44.1 Å². The van der Waals surface area contributed by atoms with Gasteiger partial charge in [0.2, 0.25) is 0 Å². The van der Waals surface area contributed by atoms with Gasteiger partial charge in [-0.05, 0) is 30.7 Å². The summed E-state index contributed by atoms with van der Waals surface area (Å²) in [7, 11) is 1.65. The van der Waals surface area contributed by atoms with E-state index in [2.05, 4.69) is 26.6 Å². The minimum atomic E-state index is -0.126. The number of hydrogen-bond acceptors (Lipinski definition) is 6. The second-order valence-electron chi connectivity index (χ2n) is 6.28. The number of carbonyl (C=O) groups excluding carboxylic acids is 1. The monoisotopic (exact) mass is 370 g/mol. The number of methoxy groups -OCH3 is 1. The molecular formula is C20H26N4O3. The van der Waals surface area contributed by atoms with Gasteiger partial charge in [-0.2, -0.15) is 0 Å². The highest BCUT2D eigenvalue weighted by Gasteiger charge is 2.15. The lowest BCUT2D eigenvalue weighted by molar-refractivity contribution is 0.0948. The molecule has 0 atom stereocenters. The molecule has 7 nitrogen and oxygen atoms in total. The molecule has 1 fully saturated rings. The van der Waals surface area contributed by atoms with Crippen molar-refractivity contribution in [1.82, 2.24) is 10.3 Å². The summed E-state index contributed by atoms with van der Waals surface area (Å²) in [4.78, 5) is 18.8. The van der Waals surface area contributed by atoms with Gasteiger partial charge in [-0.3, -0.25) is 4.79 Å². The SMILES string of the molecule is COCCCNC(=O)c1ccc(Nc2ccccc2N2CCOCC2)nc1. The fraction of sp³-hybridized carbons (Fsp3) is 0.400. The zero-order valence-electron chi connectivity index (χ0n) is 15.6. The predicted molar refractivity (Wildman–Crippen MR) is 106 cm³/mol. The Morgan fingerprint density at radius 2 is 2.04 bits per heavy atom. The van der Waals surface area contributed by atoms with Crippen LogP contribution in [0.1, 0.15) is 16.8 Å². The molecule has 144 valence electrons. The first-order chi connectivity index (χ1) is 13.3. The number of morpholine rings is 1. The van der Waals surface area contributed by atoms with Gasteiger partial charge < -0.3 is 25.0 Å². The Bertz CT molecular complexity index is 730. The normalized spacial score (nSPS) is 14.0. The van der Waals surface area contributed by atoms with Crippen LogP contribution in [0.2, 0.25) is 0 Å². The van der Waals surface area contributed by atoms with E-state index in [-0.39, 0.29) is 5.91 Å². The number of anilines is 3. The number of hydrogen-bond donors (Lipinski definition) is 2. The lowest BCUT2D eigenvalue weighted by Crippen LogP contribution is -2.36. The van der Waals surface area contributed by atoms with Gasteiger partial charge in [0, 0.05) is 39.5 Å². The van der Waals surface area contributed by atoms with Gasteiger partial charge in [-0.1, -0.05) is 12.1 Å². The number of rotatable bonds is 8. The third-order valence-corrected chi connectivity index (χ3v) is 4.36. The minimum absolute atomic E-state index is 0.126. The van der Waals surface area contributed by atoms with Crippen molar-refractivity contribution < 1.29 is 14.3 Å². The maximum atomic E-state index is 12.1. The number of ether oxygens (including phenoxy) is 2. The van der Waals surface area contributed by atoms with Crippen LogP contribution in [-0.4, -0.2) is 57.5 Å². The summed E-state index contributed by atoms with van der Waals surface area (Å²) in [5, 5.41) is 6.21. The smallest absolute Gasteiger partial charge is 0.252 e. The average Bonchev–Trinajstić information content (AvgIpc) is 2.73. The maximum absolute atomic E-state index is 12.1.